The molecule has 0 aliphatic rings. The minimum absolute atomic E-state index is 0.390. The van der Waals surface area contributed by atoms with Crippen LogP contribution in [-0.2, 0) is 11.3 Å². The lowest BCUT2D eigenvalue weighted by molar-refractivity contribution is 0.104. The Morgan fingerprint density at radius 1 is 1.75 bits per heavy atom. The summed E-state index contributed by atoms with van der Waals surface area (Å²) in [5.41, 5.74) is 1.16. The molecular formula is C9H9NO2. The van der Waals surface area contributed by atoms with E-state index in [2.05, 4.69) is 4.98 Å². The average Bonchev–Trinajstić information content (AvgIpc) is 2.05. The van der Waals surface area contributed by atoms with Crippen molar-refractivity contribution in [2.45, 2.75) is 6.61 Å². The first-order valence-electron chi connectivity index (χ1n) is 3.47. The van der Waals surface area contributed by atoms with E-state index in [-0.39, 0.29) is 0 Å². The van der Waals surface area contributed by atoms with Gasteiger partial charge in [0.15, 0.2) is 5.78 Å². The van der Waals surface area contributed by atoms with Gasteiger partial charge in [-0.25, -0.2) is 0 Å². The lowest BCUT2D eigenvalue weighted by atomic mass is 10.2. The number of methoxy groups -OCH3 is 1. The van der Waals surface area contributed by atoms with Crippen LogP contribution >= 0.6 is 0 Å². The molecule has 3 heteroatoms. The van der Waals surface area contributed by atoms with Crippen LogP contribution in [-0.4, -0.2) is 17.9 Å². The number of hydrogen-bond donors (Lipinski definition) is 0. The number of carbonyl (C=O) groups excluding carboxylic acids is 1. The van der Waals surface area contributed by atoms with Gasteiger partial charge >= 0.3 is 0 Å². The number of hydrogen-bond acceptors (Lipinski definition) is 3. The quantitative estimate of drug-likeness (QED) is 0.627. The Morgan fingerprint density at radius 3 is 3.08 bits per heavy atom. The van der Waals surface area contributed by atoms with Crippen LogP contribution in [0.2, 0.25) is 0 Å². The number of nitrogens with zero attached hydrogens (tertiary/aromatic N) is 1. The van der Waals surface area contributed by atoms with Gasteiger partial charge in [0, 0.05) is 25.8 Å². The third-order valence-corrected chi connectivity index (χ3v) is 1.39. The molecule has 0 atom stereocenters. The lowest BCUT2D eigenvalue weighted by Gasteiger charge is -1.99. The Balaban J connectivity index is 2.88. The minimum Gasteiger partial charge on any atom is -0.378 e. The predicted molar refractivity (Wildman–Crippen MR) is 43.6 cm³/mol. The summed E-state index contributed by atoms with van der Waals surface area (Å²) in [5.74, 6) is -0.449. The van der Waals surface area contributed by atoms with Gasteiger partial charge in [0.1, 0.15) is 0 Å². The second-order valence-corrected chi connectivity index (χ2v) is 2.33. The van der Waals surface area contributed by atoms with Gasteiger partial charge in [-0.15, -0.1) is 0 Å². The molecule has 2 radical (unpaired) electrons. The van der Waals surface area contributed by atoms with Gasteiger partial charge in [0.05, 0.1) is 12.3 Å². The molecule has 1 heterocycles. The van der Waals surface area contributed by atoms with Crippen molar-refractivity contribution in [2.75, 3.05) is 7.11 Å². The zero-order valence-corrected chi connectivity index (χ0v) is 6.78. The molecule has 1 aromatic rings. The van der Waals surface area contributed by atoms with Crippen molar-refractivity contribution < 1.29 is 9.53 Å². The van der Waals surface area contributed by atoms with Gasteiger partial charge in [-0.05, 0) is 12.1 Å². The number of aromatic nitrogens is 1. The number of ether oxygens (including phenoxy) is 1. The van der Waals surface area contributed by atoms with Gasteiger partial charge in [-0.3, -0.25) is 9.78 Å². The van der Waals surface area contributed by atoms with E-state index >= 15 is 0 Å². The molecule has 0 aromatic carbocycles. The van der Waals surface area contributed by atoms with E-state index in [0.29, 0.717) is 17.9 Å². The first-order chi connectivity index (χ1) is 5.74. The zero-order valence-electron chi connectivity index (χ0n) is 6.78. The average molecular weight is 163 g/mol. The number of pyridine rings is 1. The molecule has 1 aromatic heterocycles. The third-order valence-electron chi connectivity index (χ3n) is 1.39. The fourth-order valence-corrected chi connectivity index (χ4v) is 0.858. The van der Waals surface area contributed by atoms with Crippen LogP contribution in [0.15, 0.2) is 18.3 Å². The lowest BCUT2D eigenvalue weighted by Crippen LogP contribution is -1.97. The molecule has 12 heavy (non-hydrogen) atoms. The first kappa shape index (κ1) is 8.87. The van der Waals surface area contributed by atoms with Crippen LogP contribution in [0.5, 0.6) is 0 Å². The third kappa shape index (κ3) is 2.13. The molecule has 0 aliphatic heterocycles. The highest BCUT2D eigenvalue weighted by Gasteiger charge is 2.00. The Kier molecular flexibility index (Phi) is 2.94. The molecule has 0 bridgehead atoms. The van der Waals surface area contributed by atoms with E-state index < -0.39 is 5.78 Å². The summed E-state index contributed by atoms with van der Waals surface area (Å²) in [6, 6.07) is 3.19. The van der Waals surface area contributed by atoms with Crippen molar-refractivity contribution in [2.24, 2.45) is 0 Å². The number of carbonyl (C=O) groups is 1. The summed E-state index contributed by atoms with van der Waals surface area (Å²) < 4.78 is 4.85. The van der Waals surface area contributed by atoms with E-state index in [1.54, 1.807) is 19.2 Å². The van der Waals surface area contributed by atoms with Gasteiger partial charge in [0.2, 0.25) is 0 Å². The predicted octanol–water partition coefficient (Wildman–Crippen LogP) is 1.12. The van der Waals surface area contributed by atoms with E-state index in [4.69, 9.17) is 11.7 Å². The van der Waals surface area contributed by atoms with E-state index in [1.165, 1.54) is 6.20 Å². The molecule has 62 valence electrons. The Bertz CT molecular complexity index is 284. The smallest absolute Gasteiger partial charge is 0.167 e. The molecule has 0 N–H and O–H groups in total. The van der Waals surface area contributed by atoms with Crippen LogP contribution in [0.3, 0.4) is 0 Å². The van der Waals surface area contributed by atoms with Crippen LogP contribution < -0.4 is 0 Å². The Morgan fingerprint density at radius 2 is 2.50 bits per heavy atom. The van der Waals surface area contributed by atoms with Crippen molar-refractivity contribution in [3.8, 4) is 0 Å². The SMILES string of the molecule is [CH]C(=O)c1ccnc(COC)c1. The maximum atomic E-state index is 10.7. The Hall–Kier alpha value is -1.22. The highest BCUT2D eigenvalue weighted by atomic mass is 16.5. The number of rotatable bonds is 3. The second kappa shape index (κ2) is 3.97. The minimum atomic E-state index is -0.449. The largest absolute Gasteiger partial charge is 0.378 e. The zero-order chi connectivity index (χ0) is 8.97. The van der Waals surface area contributed by atoms with E-state index in [9.17, 15) is 4.79 Å². The second-order valence-electron chi connectivity index (χ2n) is 2.33. The standard InChI is InChI=1S/C9H9NO2/c1-7(11)8-3-4-10-9(5-8)6-12-2/h1,3-5H,6H2,2H3. The topological polar surface area (TPSA) is 39.2 Å². The summed E-state index contributed by atoms with van der Waals surface area (Å²) in [7, 11) is 1.57. The highest BCUT2D eigenvalue weighted by Crippen LogP contribution is 2.03. The molecule has 1 rings (SSSR count). The van der Waals surface area contributed by atoms with Crippen molar-refractivity contribution in [1.82, 2.24) is 4.98 Å². The molecule has 3 nitrogen and oxygen atoms in total. The number of ketones is 1. The van der Waals surface area contributed by atoms with Gasteiger partial charge in [-0.2, -0.15) is 0 Å². The fourth-order valence-electron chi connectivity index (χ4n) is 0.858. The molecule has 0 saturated carbocycles. The molecule has 0 aliphatic carbocycles. The fraction of sp³-hybridized carbons (Fsp3) is 0.222. The van der Waals surface area contributed by atoms with Crippen LogP contribution in [0, 0.1) is 6.92 Å². The molecule has 0 saturated heterocycles. The van der Waals surface area contributed by atoms with E-state index in [0.717, 1.165) is 0 Å². The molecule has 0 amide bonds. The summed E-state index contributed by atoms with van der Waals surface area (Å²) in [6.07, 6.45) is 1.54. The van der Waals surface area contributed by atoms with Crippen molar-refractivity contribution >= 4 is 5.78 Å². The first-order valence-corrected chi connectivity index (χ1v) is 3.47. The summed E-state index contributed by atoms with van der Waals surface area (Å²) in [5, 5.41) is 0. The molecule has 0 fully saturated rings. The number of Topliss-reactive ketones (excluding diaryl/α,β-unsaturated/α-hetero) is 1. The molecular weight excluding hydrogens is 154 g/mol. The Labute approximate surface area is 71.4 Å². The van der Waals surface area contributed by atoms with Crippen molar-refractivity contribution in [3.63, 3.8) is 0 Å². The van der Waals surface area contributed by atoms with Crippen molar-refractivity contribution in [3.05, 3.63) is 36.5 Å². The van der Waals surface area contributed by atoms with E-state index in [1.807, 2.05) is 0 Å². The van der Waals surface area contributed by atoms with Gasteiger partial charge in [-0.1, -0.05) is 0 Å². The van der Waals surface area contributed by atoms with Crippen LogP contribution in [0.1, 0.15) is 16.1 Å². The van der Waals surface area contributed by atoms with Crippen molar-refractivity contribution in [1.29, 1.82) is 0 Å². The van der Waals surface area contributed by atoms with Crippen LogP contribution in [0.25, 0.3) is 0 Å². The van der Waals surface area contributed by atoms with Crippen LogP contribution in [0.4, 0.5) is 0 Å². The van der Waals surface area contributed by atoms with Gasteiger partial charge in [0.25, 0.3) is 0 Å². The normalized spacial score (nSPS) is 9.83. The molecule has 0 unspecified atom stereocenters. The maximum Gasteiger partial charge on any atom is 0.167 e. The monoisotopic (exact) mass is 163 g/mol. The highest BCUT2D eigenvalue weighted by molar-refractivity contribution is 5.99. The summed E-state index contributed by atoms with van der Waals surface area (Å²) in [4.78, 5) is 14.7. The summed E-state index contributed by atoms with van der Waals surface area (Å²) >= 11 is 0. The maximum absolute atomic E-state index is 10.7. The summed E-state index contributed by atoms with van der Waals surface area (Å²) in [6.45, 7) is 5.46. The van der Waals surface area contributed by atoms with Gasteiger partial charge < -0.3 is 4.74 Å². The molecule has 0 spiro atoms.